The molecule has 0 spiro atoms. The summed E-state index contributed by atoms with van der Waals surface area (Å²) < 4.78 is 0. The van der Waals surface area contributed by atoms with Gasteiger partial charge in [0.15, 0.2) is 0 Å². The average molecular weight is 156 g/mol. The van der Waals surface area contributed by atoms with Crippen LogP contribution in [0.2, 0.25) is 0 Å². The fraction of sp³-hybridized carbons (Fsp3) is 0.778. The molecule has 2 N–H and O–H groups in total. The van der Waals surface area contributed by atoms with Crippen molar-refractivity contribution in [3.63, 3.8) is 0 Å². The zero-order valence-corrected chi connectivity index (χ0v) is 7.88. The van der Waals surface area contributed by atoms with Crippen molar-refractivity contribution in [2.45, 2.75) is 26.3 Å². The van der Waals surface area contributed by atoms with E-state index in [2.05, 4.69) is 31.9 Å². The van der Waals surface area contributed by atoms with Gasteiger partial charge in [-0.25, -0.2) is 0 Å². The van der Waals surface area contributed by atoms with Gasteiger partial charge in [-0.1, -0.05) is 12.2 Å². The third-order valence-corrected chi connectivity index (χ3v) is 1.83. The SMILES string of the molecule is CC(C)N(C)CC/C=C/CN. The average Bonchev–Trinajstić information content (AvgIpc) is 1.97. The number of hydrogen-bond acceptors (Lipinski definition) is 2. The molecule has 0 amide bonds. The summed E-state index contributed by atoms with van der Waals surface area (Å²) in [6, 6.07) is 0.640. The highest BCUT2D eigenvalue weighted by Gasteiger charge is 1.99. The molecule has 0 rings (SSSR count). The molecule has 0 aromatic heterocycles. The van der Waals surface area contributed by atoms with Crippen LogP contribution in [0.5, 0.6) is 0 Å². The second-order valence-corrected chi connectivity index (χ2v) is 3.07. The molecule has 0 aliphatic heterocycles. The van der Waals surface area contributed by atoms with Crippen LogP contribution in [0.25, 0.3) is 0 Å². The van der Waals surface area contributed by atoms with Gasteiger partial charge in [-0.2, -0.15) is 0 Å². The molecule has 0 aliphatic rings. The van der Waals surface area contributed by atoms with Crippen LogP contribution >= 0.6 is 0 Å². The Labute approximate surface area is 70.1 Å². The van der Waals surface area contributed by atoms with E-state index in [1.807, 2.05) is 6.08 Å². The summed E-state index contributed by atoms with van der Waals surface area (Å²) in [5.74, 6) is 0. The highest BCUT2D eigenvalue weighted by atomic mass is 15.1. The summed E-state index contributed by atoms with van der Waals surface area (Å²) in [5.41, 5.74) is 5.30. The predicted octanol–water partition coefficient (Wildman–Crippen LogP) is 1.23. The maximum absolute atomic E-state index is 5.30. The van der Waals surface area contributed by atoms with E-state index in [1.54, 1.807) is 0 Å². The van der Waals surface area contributed by atoms with E-state index in [1.165, 1.54) is 0 Å². The van der Waals surface area contributed by atoms with Gasteiger partial charge >= 0.3 is 0 Å². The molecule has 0 atom stereocenters. The van der Waals surface area contributed by atoms with E-state index in [0.29, 0.717) is 12.6 Å². The van der Waals surface area contributed by atoms with Gasteiger partial charge in [0, 0.05) is 19.1 Å². The van der Waals surface area contributed by atoms with Gasteiger partial charge in [0.2, 0.25) is 0 Å². The smallest absolute Gasteiger partial charge is 0.0106 e. The van der Waals surface area contributed by atoms with Crippen molar-refractivity contribution in [3.8, 4) is 0 Å². The molecule has 0 bridgehead atoms. The first-order valence-electron chi connectivity index (χ1n) is 4.23. The van der Waals surface area contributed by atoms with Crippen LogP contribution in [-0.4, -0.2) is 31.1 Å². The van der Waals surface area contributed by atoms with Crippen molar-refractivity contribution < 1.29 is 0 Å². The maximum Gasteiger partial charge on any atom is 0.0106 e. The first kappa shape index (κ1) is 10.7. The minimum Gasteiger partial charge on any atom is -0.327 e. The van der Waals surface area contributed by atoms with E-state index in [-0.39, 0.29) is 0 Å². The molecule has 2 heteroatoms. The zero-order chi connectivity index (χ0) is 8.69. The standard InChI is InChI=1S/C9H20N2/c1-9(2)11(3)8-6-4-5-7-10/h4-5,9H,6-8,10H2,1-3H3/b5-4+. The second kappa shape index (κ2) is 6.38. The topological polar surface area (TPSA) is 29.3 Å². The number of nitrogens with zero attached hydrogens (tertiary/aromatic N) is 1. The summed E-state index contributed by atoms with van der Waals surface area (Å²) in [6.45, 7) is 6.18. The van der Waals surface area contributed by atoms with Crippen LogP contribution in [0.3, 0.4) is 0 Å². The molecule has 0 unspecified atom stereocenters. The van der Waals surface area contributed by atoms with Crippen molar-refractivity contribution in [1.29, 1.82) is 0 Å². The first-order valence-corrected chi connectivity index (χ1v) is 4.23. The fourth-order valence-electron chi connectivity index (χ4n) is 0.750. The lowest BCUT2D eigenvalue weighted by Gasteiger charge is -2.19. The quantitative estimate of drug-likeness (QED) is 0.607. The molecule has 11 heavy (non-hydrogen) atoms. The third-order valence-electron chi connectivity index (χ3n) is 1.83. The van der Waals surface area contributed by atoms with E-state index < -0.39 is 0 Å². The van der Waals surface area contributed by atoms with Crippen molar-refractivity contribution >= 4 is 0 Å². The molecular weight excluding hydrogens is 136 g/mol. The summed E-state index contributed by atoms with van der Waals surface area (Å²) in [6.07, 6.45) is 5.25. The van der Waals surface area contributed by atoms with Gasteiger partial charge in [-0.05, 0) is 27.3 Å². The van der Waals surface area contributed by atoms with Crippen LogP contribution in [0, 0.1) is 0 Å². The van der Waals surface area contributed by atoms with Crippen molar-refractivity contribution in [1.82, 2.24) is 4.90 Å². The van der Waals surface area contributed by atoms with E-state index >= 15 is 0 Å². The molecule has 0 aromatic rings. The van der Waals surface area contributed by atoms with Gasteiger partial charge in [0.1, 0.15) is 0 Å². The summed E-state index contributed by atoms with van der Waals surface area (Å²) in [5, 5.41) is 0. The van der Waals surface area contributed by atoms with Crippen LogP contribution in [0.4, 0.5) is 0 Å². The largest absolute Gasteiger partial charge is 0.327 e. The zero-order valence-electron chi connectivity index (χ0n) is 7.88. The minimum absolute atomic E-state index is 0.640. The van der Waals surface area contributed by atoms with E-state index in [4.69, 9.17) is 5.73 Å². The highest BCUT2D eigenvalue weighted by Crippen LogP contribution is 1.95. The van der Waals surface area contributed by atoms with Gasteiger partial charge in [-0.15, -0.1) is 0 Å². The van der Waals surface area contributed by atoms with E-state index in [0.717, 1.165) is 13.0 Å². The maximum atomic E-state index is 5.30. The summed E-state index contributed by atoms with van der Waals surface area (Å²) in [4.78, 5) is 2.32. The second-order valence-electron chi connectivity index (χ2n) is 3.07. The third kappa shape index (κ3) is 6.07. The van der Waals surface area contributed by atoms with Gasteiger partial charge in [0.05, 0.1) is 0 Å². The molecule has 0 aromatic carbocycles. The Balaban J connectivity index is 3.31. The van der Waals surface area contributed by atoms with Crippen LogP contribution < -0.4 is 5.73 Å². The molecule has 0 radical (unpaired) electrons. The number of nitrogens with two attached hydrogens (primary N) is 1. The first-order chi connectivity index (χ1) is 5.18. The molecule has 0 heterocycles. The molecule has 0 saturated heterocycles. The molecule has 66 valence electrons. The van der Waals surface area contributed by atoms with Crippen LogP contribution in [-0.2, 0) is 0 Å². The van der Waals surface area contributed by atoms with Gasteiger partial charge in [0.25, 0.3) is 0 Å². The number of rotatable bonds is 5. The Kier molecular flexibility index (Phi) is 6.18. The molecule has 2 nitrogen and oxygen atoms in total. The van der Waals surface area contributed by atoms with Gasteiger partial charge in [-0.3, -0.25) is 0 Å². The lowest BCUT2D eigenvalue weighted by Crippen LogP contribution is -2.26. The van der Waals surface area contributed by atoms with Crippen molar-refractivity contribution in [2.24, 2.45) is 5.73 Å². The Morgan fingerprint density at radius 3 is 2.45 bits per heavy atom. The Morgan fingerprint density at radius 1 is 1.36 bits per heavy atom. The van der Waals surface area contributed by atoms with Crippen LogP contribution in [0.1, 0.15) is 20.3 Å². The Hall–Kier alpha value is -0.340. The highest BCUT2D eigenvalue weighted by molar-refractivity contribution is 4.83. The Bertz CT molecular complexity index is 108. The van der Waals surface area contributed by atoms with Crippen molar-refractivity contribution in [3.05, 3.63) is 12.2 Å². The molecule has 0 fully saturated rings. The molecule has 0 aliphatic carbocycles. The lowest BCUT2D eigenvalue weighted by molar-refractivity contribution is 0.279. The summed E-state index contributed by atoms with van der Waals surface area (Å²) >= 11 is 0. The van der Waals surface area contributed by atoms with Crippen molar-refractivity contribution in [2.75, 3.05) is 20.1 Å². The molecular formula is C9H20N2. The summed E-state index contributed by atoms with van der Waals surface area (Å²) in [7, 11) is 2.14. The fourth-order valence-corrected chi connectivity index (χ4v) is 0.750. The lowest BCUT2D eigenvalue weighted by atomic mass is 10.3. The number of hydrogen-bond donors (Lipinski definition) is 1. The van der Waals surface area contributed by atoms with Crippen LogP contribution in [0.15, 0.2) is 12.2 Å². The predicted molar refractivity (Wildman–Crippen MR) is 50.6 cm³/mol. The Morgan fingerprint density at radius 2 is 2.00 bits per heavy atom. The minimum atomic E-state index is 0.640. The molecule has 0 saturated carbocycles. The van der Waals surface area contributed by atoms with Gasteiger partial charge < -0.3 is 10.6 Å². The monoisotopic (exact) mass is 156 g/mol. The normalized spacial score (nSPS) is 12.2. The van der Waals surface area contributed by atoms with E-state index in [9.17, 15) is 0 Å².